The Morgan fingerprint density at radius 3 is 2.44 bits per heavy atom. The van der Waals surface area contributed by atoms with Gasteiger partial charge < -0.3 is 5.32 Å². The Labute approximate surface area is 111 Å². The molecule has 2 heteroatoms. The summed E-state index contributed by atoms with van der Waals surface area (Å²) in [5.41, 5.74) is 2.68. The number of nitrogens with zero attached hydrogens (tertiary/aromatic N) is 1. The first kappa shape index (κ1) is 14.7. The molecule has 0 fully saturated rings. The minimum atomic E-state index is 0.892. The lowest BCUT2D eigenvalue weighted by atomic mass is 10.1. The SMILES string of the molecule is C=CCN(CC=C)Cc1cccc(CNCC)c1. The van der Waals surface area contributed by atoms with E-state index in [4.69, 9.17) is 0 Å². The van der Waals surface area contributed by atoms with Crippen LogP contribution in [0.3, 0.4) is 0 Å². The van der Waals surface area contributed by atoms with Crippen LogP contribution < -0.4 is 5.32 Å². The topological polar surface area (TPSA) is 15.3 Å². The van der Waals surface area contributed by atoms with Crippen molar-refractivity contribution < 1.29 is 0 Å². The molecule has 0 aromatic heterocycles. The molecule has 0 unspecified atom stereocenters. The zero-order chi connectivity index (χ0) is 13.2. The highest BCUT2D eigenvalue weighted by Crippen LogP contribution is 2.08. The van der Waals surface area contributed by atoms with Crippen LogP contribution in [0.5, 0.6) is 0 Å². The average Bonchev–Trinajstić information content (AvgIpc) is 2.37. The van der Waals surface area contributed by atoms with E-state index < -0.39 is 0 Å². The zero-order valence-electron chi connectivity index (χ0n) is 11.4. The van der Waals surface area contributed by atoms with Crippen LogP contribution in [-0.2, 0) is 13.1 Å². The maximum Gasteiger partial charge on any atom is 0.0240 e. The standard InChI is InChI=1S/C16H24N2/c1-4-10-18(11-5-2)14-16-9-7-8-15(12-16)13-17-6-3/h4-5,7-9,12,17H,1-2,6,10-11,13-14H2,3H3. The van der Waals surface area contributed by atoms with Crippen LogP contribution in [-0.4, -0.2) is 24.5 Å². The van der Waals surface area contributed by atoms with Gasteiger partial charge in [-0.3, -0.25) is 4.90 Å². The normalized spacial score (nSPS) is 10.6. The van der Waals surface area contributed by atoms with Crippen LogP contribution in [0.15, 0.2) is 49.6 Å². The van der Waals surface area contributed by atoms with Crippen molar-refractivity contribution in [2.45, 2.75) is 20.0 Å². The van der Waals surface area contributed by atoms with Gasteiger partial charge in [0.15, 0.2) is 0 Å². The molecule has 0 saturated carbocycles. The summed E-state index contributed by atoms with van der Waals surface area (Å²) < 4.78 is 0. The first-order chi connectivity index (χ1) is 8.80. The first-order valence-corrected chi connectivity index (χ1v) is 6.52. The minimum absolute atomic E-state index is 0.892. The van der Waals surface area contributed by atoms with Crippen LogP contribution in [0, 0.1) is 0 Å². The fraction of sp³-hybridized carbons (Fsp3) is 0.375. The lowest BCUT2D eigenvalue weighted by Crippen LogP contribution is -2.23. The van der Waals surface area contributed by atoms with Gasteiger partial charge in [0.2, 0.25) is 0 Å². The summed E-state index contributed by atoms with van der Waals surface area (Å²) in [5.74, 6) is 0. The van der Waals surface area contributed by atoms with Gasteiger partial charge in [0.25, 0.3) is 0 Å². The third-order valence-corrected chi connectivity index (χ3v) is 2.75. The molecule has 0 bridgehead atoms. The molecule has 0 aliphatic carbocycles. The van der Waals surface area contributed by atoms with Crippen LogP contribution in [0.25, 0.3) is 0 Å². The third-order valence-electron chi connectivity index (χ3n) is 2.75. The fourth-order valence-electron chi connectivity index (χ4n) is 1.93. The van der Waals surface area contributed by atoms with E-state index in [0.717, 1.165) is 32.7 Å². The molecule has 18 heavy (non-hydrogen) atoms. The predicted octanol–water partition coefficient (Wildman–Crippen LogP) is 2.97. The van der Waals surface area contributed by atoms with E-state index in [1.807, 2.05) is 12.2 Å². The van der Waals surface area contributed by atoms with Crippen molar-refractivity contribution in [3.05, 3.63) is 60.7 Å². The summed E-state index contributed by atoms with van der Waals surface area (Å²) in [6.07, 6.45) is 3.87. The highest BCUT2D eigenvalue weighted by atomic mass is 15.1. The molecule has 0 aliphatic rings. The molecule has 0 radical (unpaired) electrons. The van der Waals surface area contributed by atoms with Crippen molar-refractivity contribution in [2.75, 3.05) is 19.6 Å². The zero-order valence-corrected chi connectivity index (χ0v) is 11.4. The monoisotopic (exact) mass is 244 g/mol. The van der Waals surface area contributed by atoms with Crippen molar-refractivity contribution in [2.24, 2.45) is 0 Å². The van der Waals surface area contributed by atoms with E-state index in [1.54, 1.807) is 0 Å². The van der Waals surface area contributed by atoms with Gasteiger partial charge >= 0.3 is 0 Å². The summed E-state index contributed by atoms with van der Waals surface area (Å²) in [6.45, 7) is 14.4. The molecule has 98 valence electrons. The number of rotatable bonds is 9. The third kappa shape index (κ3) is 5.30. The lowest BCUT2D eigenvalue weighted by molar-refractivity contribution is 0.327. The van der Waals surface area contributed by atoms with Gasteiger partial charge in [-0.05, 0) is 17.7 Å². The predicted molar refractivity (Wildman–Crippen MR) is 79.5 cm³/mol. The second-order valence-corrected chi connectivity index (χ2v) is 4.37. The number of hydrogen-bond acceptors (Lipinski definition) is 2. The number of nitrogens with one attached hydrogen (secondary N) is 1. The van der Waals surface area contributed by atoms with Gasteiger partial charge in [-0.2, -0.15) is 0 Å². The summed E-state index contributed by atoms with van der Waals surface area (Å²) in [6, 6.07) is 8.73. The van der Waals surface area contributed by atoms with Gasteiger partial charge in [0.1, 0.15) is 0 Å². The second-order valence-electron chi connectivity index (χ2n) is 4.37. The molecule has 0 spiro atoms. The van der Waals surface area contributed by atoms with E-state index in [-0.39, 0.29) is 0 Å². The molecule has 2 nitrogen and oxygen atoms in total. The largest absolute Gasteiger partial charge is 0.313 e. The van der Waals surface area contributed by atoms with E-state index in [1.165, 1.54) is 11.1 Å². The molecule has 0 heterocycles. The average molecular weight is 244 g/mol. The molecule has 1 rings (SSSR count). The van der Waals surface area contributed by atoms with Crippen molar-refractivity contribution in [1.29, 1.82) is 0 Å². The Kier molecular flexibility index (Phi) is 7.07. The van der Waals surface area contributed by atoms with Crippen LogP contribution in [0.1, 0.15) is 18.1 Å². The smallest absolute Gasteiger partial charge is 0.0240 e. The molecule has 0 atom stereocenters. The number of benzene rings is 1. The molecule has 0 amide bonds. The van der Waals surface area contributed by atoms with E-state index in [9.17, 15) is 0 Å². The molecule has 1 aromatic carbocycles. The van der Waals surface area contributed by atoms with Crippen molar-refractivity contribution in [1.82, 2.24) is 10.2 Å². The second kappa shape index (κ2) is 8.67. The molecule has 0 aliphatic heterocycles. The van der Waals surface area contributed by atoms with Crippen LogP contribution >= 0.6 is 0 Å². The van der Waals surface area contributed by atoms with E-state index >= 15 is 0 Å². The summed E-state index contributed by atoms with van der Waals surface area (Å²) in [7, 11) is 0. The summed E-state index contributed by atoms with van der Waals surface area (Å²) in [4.78, 5) is 2.31. The van der Waals surface area contributed by atoms with Gasteiger partial charge in [0.05, 0.1) is 0 Å². The van der Waals surface area contributed by atoms with Crippen molar-refractivity contribution >= 4 is 0 Å². The molecule has 1 N–H and O–H groups in total. The highest BCUT2D eigenvalue weighted by Gasteiger charge is 2.03. The van der Waals surface area contributed by atoms with Gasteiger partial charge in [-0.1, -0.05) is 43.3 Å². The molecule has 0 saturated heterocycles. The van der Waals surface area contributed by atoms with Gasteiger partial charge in [-0.25, -0.2) is 0 Å². The Morgan fingerprint density at radius 1 is 1.17 bits per heavy atom. The van der Waals surface area contributed by atoms with Crippen LogP contribution in [0.2, 0.25) is 0 Å². The van der Waals surface area contributed by atoms with E-state index in [0.29, 0.717) is 0 Å². The van der Waals surface area contributed by atoms with Gasteiger partial charge in [-0.15, -0.1) is 13.2 Å². The Morgan fingerprint density at radius 2 is 1.83 bits per heavy atom. The van der Waals surface area contributed by atoms with Crippen molar-refractivity contribution in [3.8, 4) is 0 Å². The first-order valence-electron chi connectivity index (χ1n) is 6.52. The Hall–Kier alpha value is -1.38. The molecular formula is C16H24N2. The Bertz CT molecular complexity index is 361. The van der Waals surface area contributed by atoms with Crippen molar-refractivity contribution in [3.63, 3.8) is 0 Å². The number of hydrogen-bond donors (Lipinski definition) is 1. The van der Waals surface area contributed by atoms with E-state index in [2.05, 4.69) is 54.6 Å². The minimum Gasteiger partial charge on any atom is -0.313 e. The molecular weight excluding hydrogens is 220 g/mol. The van der Waals surface area contributed by atoms with Crippen LogP contribution in [0.4, 0.5) is 0 Å². The molecule has 1 aromatic rings. The summed E-state index contributed by atoms with van der Waals surface area (Å²) in [5, 5.41) is 3.35. The lowest BCUT2D eigenvalue weighted by Gasteiger charge is -2.19. The fourth-order valence-corrected chi connectivity index (χ4v) is 1.93. The van der Waals surface area contributed by atoms with Gasteiger partial charge in [0, 0.05) is 26.2 Å². The highest BCUT2D eigenvalue weighted by molar-refractivity contribution is 5.23. The maximum atomic E-state index is 3.80. The Balaban J connectivity index is 2.63. The quantitative estimate of drug-likeness (QED) is 0.672. The maximum absolute atomic E-state index is 3.80. The summed E-state index contributed by atoms with van der Waals surface area (Å²) >= 11 is 0.